The number of aryl methyl sites for hydroxylation is 1. The summed E-state index contributed by atoms with van der Waals surface area (Å²) in [4.78, 5) is 26.0. The Hall–Kier alpha value is -1.31. The summed E-state index contributed by atoms with van der Waals surface area (Å²) in [6, 6.07) is 3.45. The molecule has 2 heterocycles. The second-order valence-corrected chi connectivity index (χ2v) is 9.11. The van der Waals surface area contributed by atoms with Crippen LogP contribution in [0.15, 0.2) is 12.1 Å². The molecule has 1 saturated heterocycles. The molecule has 0 saturated carbocycles. The van der Waals surface area contributed by atoms with Crippen LogP contribution in [-0.2, 0) is 4.79 Å². The number of rotatable bonds is 5. The number of piperazine rings is 1. The van der Waals surface area contributed by atoms with Crippen molar-refractivity contribution < 1.29 is 4.79 Å². The SMILES string of the molecule is Cc1cc(N2CCN(CC(=O)Nc3c(Cl)c(Cl)cc(Cl)c3Cl)CC2)nc(C(C)C)n1. The van der Waals surface area contributed by atoms with Gasteiger partial charge in [-0.3, -0.25) is 9.69 Å². The van der Waals surface area contributed by atoms with E-state index in [1.54, 1.807) is 0 Å². The summed E-state index contributed by atoms with van der Waals surface area (Å²) < 4.78 is 0. The molecule has 0 aliphatic carbocycles. The van der Waals surface area contributed by atoms with Crippen molar-refractivity contribution in [1.29, 1.82) is 0 Å². The van der Waals surface area contributed by atoms with Crippen molar-refractivity contribution in [3.8, 4) is 0 Å². The number of hydrogen-bond acceptors (Lipinski definition) is 5. The maximum Gasteiger partial charge on any atom is 0.238 e. The lowest BCUT2D eigenvalue weighted by Crippen LogP contribution is -2.49. The molecule has 0 unspecified atom stereocenters. The zero-order chi connectivity index (χ0) is 22.0. The molecule has 2 aromatic rings. The number of anilines is 2. The second kappa shape index (κ2) is 9.88. The fourth-order valence-corrected chi connectivity index (χ4v) is 4.10. The highest BCUT2D eigenvalue weighted by molar-refractivity contribution is 6.50. The summed E-state index contributed by atoms with van der Waals surface area (Å²) >= 11 is 24.4. The van der Waals surface area contributed by atoms with Gasteiger partial charge < -0.3 is 10.2 Å². The number of aromatic nitrogens is 2. The summed E-state index contributed by atoms with van der Waals surface area (Å²) in [5.74, 6) is 1.82. The highest BCUT2D eigenvalue weighted by Gasteiger charge is 2.22. The van der Waals surface area contributed by atoms with Crippen LogP contribution in [0.2, 0.25) is 20.1 Å². The fourth-order valence-electron chi connectivity index (χ4n) is 3.19. The van der Waals surface area contributed by atoms with Crippen molar-refractivity contribution in [2.24, 2.45) is 0 Å². The number of amides is 1. The molecule has 10 heteroatoms. The Balaban J connectivity index is 1.60. The molecule has 1 aliphatic rings. The van der Waals surface area contributed by atoms with Crippen LogP contribution in [-0.4, -0.2) is 53.5 Å². The lowest BCUT2D eigenvalue weighted by atomic mass is 10.2. The molecule has 1 aromatic carbocycles. The Bertz CT molecular complexity index is 919. The lowest BCUT2D eigenvalue weighted by molar-refractivity contribution is -0.117. The number of nitrogens with zero attached hydrogens (tertiary/aromatic N) is 4. The van der Waals surface area contributed by atoms with E-state index < -0.39 is 0 Å². The normalized spacial score (nSPS) is 15.0. The van der Waals surface area contributed by atoms with E-state index in [1.807, 2.05) is 13.0 Å². The zero-order valence-electron chi connectivity index (χ0n) is 17.0. The first-order chi connectivity index (χ1) is 14.2. The van der Waals surface area contributed by atoms with Gasteiger partial charge in [-0.1, -0.05) is 60.3 Å². The van der Waals surface area contributed by atoms with E-state index in [0.717, 1.165) is 43.5 Å². The van der Waals surface area contributed by atoms with Gasteiger partial charge in [0.2, 0.25) is 5.91 Å². The topological polar surface area (TPSA) is 61.4 Å². The highest BCUT2D eigenvalue weighted by atomic mass is 35.5. The molecule has 1 aliphatic heterocycles. The average Bonchev–Trinajstić information content (AvgIpc) is 2.70. The van der Waals surface area contributed by atoms with Gasteiger partial charge in [-0.15, -0.1) is 0 Å². The van der Waals surface area contributed by atoms with Crippen molar-refractivity contribution in [2.75, 3.05) is 42.9 Å². The van der Waals surface area contributed by atoms with Crippen molar-refractivity contribution in [1.82, 2.24) is 14.9 Å². The standard InChI is InChI=1S/C20H23Cl4N5O/c1-11(2)20-25-12(3)8-15(26-20)29-6-4-28(5-7-29)10-16(30)27-19-17(23)13(21)9-14(22)18(19)24/h8-9,11H,4-7,10H2,1-3H3,(H,27,30). The van der Waals surface area contributed by atoms with E-state index in [2.05, 4.69) is 33.9 Å². The van der Waals surface area contributed by atoms with E-state index in [4.69, 9.17) is 51.4 Å². The van der Waals surface area contributed by atoms with Crippen LogP contribution in [0, 0.1) is 6.92 Å². The summed E-state index contributed by atoms with van der Waals surface area (Å²) in [6.45, 7) is 9.36. The monoisotopic (exact) mass is 489 g/mol. The zero-order valence-corrected chi connectivity index (χ0v) is 20.0. The molecule has 0 atom stereocenters. The van der Waals surface area contributed by atoms with Gasteiger partial charge in [0.25, 0.3) is 0 Å². The number of carbonyl (C=O) groups excluding carboxylic acids is 1. The first kappa shape index (κ1) is 23.4. The Morgan fingerprint density at radius 2 is 1.63 bits per heavy atom. The summed E-state index contributed by atoms with van der Waals surface area (Å²) in [6.07, 6.45) is 0. The van der Waals surface area contributed by atoms with Gasteiger partial charge in [0.05, 0.1) is 32.3 Å². The Labute approximate surface area is 196 Å². The Morgan fingerprint density at radius 3 is 2.20 bits per heavy atom. The quantitative estimate of drug-likeness (QED) is 0.577. The fraction of sp³-hybridized carbons (Fsp3) is 0.450. The van der Waals surface area contributed by atoms with E-state index in [9.17, 15) is 4.79 Å². The molecule has 30 heavy (non-hydrogen) atoms. The third-order valence-corrected chi connectivity index (χ3v) is 6.39. The molecule has 0 bridgehead atoms. The first-order valence-electron chi connectivity index (χ1n) is 9.61. The van der Waals surface area contributed by atoms with Crippen LogP contribution in [0.4, 0.5) is 11.5 Å². The van der Waals surface area contributed by atoms with Crippen molar-refractivity contribution in [3.05, 3.63) is 43.7 Å². The lowest BCUT2D eigenvalue weighted by Gasteiger charge is -2.35. The third-order valence-electron chi connectivity index (χ3n) is 4.81. The number of hydrogen-bond donors (Lipinski definition) is 1. The Kier molecular flexibility index (Phi) is 7.69. The van der Waals surface area contributed by atoms with Crippen molar-refractivity contribution in [3.63, 3.8) is 0 Å². The smallest absolute Gasteiger partial charge is 0.238 e. The van der Waals surface area contributed by atoms with Crippen LogP contribution in [0.3, 0.4) is 0 Å². The van der Waals surface area contributed by atoms with Gasteiger partial charge in [-0.2, -0.15) is 0 Å². The third kappa shape index (κ3) is 5.48. The van der Waals surface area contributed by atoms with Crippen LogP contribution < -0.4 is 10.2 Å². The number of halogens is 4. The van der Waals surface area contributed by atoms with E-state index in [0.29, 0.717) is 0 Å². The number of nitrogens with one attached hydrogen (secondary N) is 1. The predicted octanol–water partition coefficient (Wildman–Crippen LogP) is 5.28. The summed E-state index contributed by atoms with van der Waals surface area (Å²) in [7, 11) is 0. The highest BCUT2D eigenvalue weighted by Crippen LogP contribution is 2.41. The molecule has 0 radical (unpaired) electrons. The van der Waals surface area contributed by atoms with Gasteiger partial charge in [-0.25, -0.2) is 9.97 Å². The van der Waals surface area contributed by atoms with Gasteiger partial charge in [-0.05, 0) is 13.0 Å². The van der Waals surface area contributed by atoms with Gasteiger partial charge in [0, 0.05) is 43.9 Å². The van der Waals surface area contributed by atoms with Gasteiger partial charge in [0.1, 0.15) is 11.6 Å². The molecule has 1 N–H and O–H groups in total. The van der Waals surface area contributed by atoms with Crippen molar-refractivity contribution >= 4 is 63.8 Å². The average molecular weight is 491 g/mol. The molecule has 162 valence electrons. The van der Waals surface area contributed by atoms with Crippen LogP contribution in [0.1, 0.15) is 31.3 Å². The maximum absolute atomic E-state index is 12.5. The van der Waals surface area contributed by atoms with Crippen LogP contribution in [0.5, 0.6) is 0 Å². The van der Waals surface area contributed by atoms with E-state index in [1.165, 1.54) is 6.07 Å². The van der Waals surface area contributed by atoms with Gasteiger partial charge in [0.15, 0.2) is 0 Å². The van der Waals surface area contributed by atoms with E-state index >= 15 is 0 Å². The summed E-state index contributed by atoms with van der Waals surface area (Å²) in [5, 5.41) is 3.54. The molecule has 1 aromatic heterocycles. The minimum absolute atomic E-state index is 0.171. The predicted molar refractivity (Wildman–Crippen MR) is 125 cm³/mol. The first-order valence-corrected chi connectivity index (χ1v) is 11.1. The second-order valence-electron chi connectivity index (χ2n) is 7.53. The molecule has 6 nitrogen and oxygen atoms in total. The largest absolute Gasteiger partial charge is 0.354 e. The summed E-state index contributed by atoms with van der Waals surface area (Å²) in [5.41, 5.74) is 1.19. The number of benzene rings is 1. The minimum Gasteiger partial charge on any atom is -0.354 e. The van der Waals surface area contributed by atoms with E-state index in [-0.39, 0.29) is 44.1 Å². The molecular weight excluding hydrogens is 468 g/mol. The Morgan fingerprint density at radius 1 is 1.03 bits per heavy atom. The minimum atomic E-state index is -0.231. The molecule has 3 rings (SSSR count). The molecular formula is C20H23Cl4N5O. The maximum atomic E-state index is 12.5. The van der Waals surface area contributed by atoms with Crippen LogP contribution in [0.25, 0.3) is 0 Å². The molecule has 0 spiro atoms. The molecule has 1 amide bonds. The van der Waals surface area contributed by atoms with Gasteiger partial charge >= 0.3 is 0 Å². The van der Waals surface area contributed by atoms with Crippen LogP contribution >= 0.6 is 46.4 Å². The molecule has 1 fully saturated rings. The number of carbonyl (C=O) groups is 1. The van der Waals surface area contributed by atoms with Crippen molar-refractivity contribution in [2.45, 2.75) is 26.7 Å².